The summed E-state index contributed by atoms with van der Waals surface area (Å²) in [6.45, 7) is 0. The quantitative estimate of drug-likeness (QED) is 0.172. The van der Waals surface area contributed by atoms with E-state index in [1.165, 1.54) is 5.39 Å². The van der Waals surface area contributed by atoms with E-state index in [-0.39, 0.29) is 0 Å². The molecule has 262 valence electrons. The predicted molar refractivity (Wildman–Crippen MR) is 228 cm³/mol. The Morgan fingerprint density at radius 3 is 1.45 bits per heavy atom. The van der Waals surface area contributed by atoms with Crippen LogP contribution in [0.3, 0.4) is 0 Å². The Kier molecular flexibility index (Phi) is 7.38. The van der Waals surface area contributed by atoms with Gasteiger partial charge < -0.3 is 4.57 Å². The largest absolute Gasteiger partial charge is 0.309 e. The molecule has 0 saturated carbocycles. The van der Waals surface area contributed by atoms with Gasteiger partial charge in [-0.2, -0.15) is 9.97 Å². The lowest BCUT2D eigenvalue weighted by Crippen LogP contribution is -2.06. The molecule has 56 heavy (non-hydrogen) atoms. The van der Waals surface area contributed by atoms with Gasteiger partial charge in [0.2, 0.25) is 5.95 Å². The Balaban J connectivity index is 1.14. The molecule has 0 saturated heterocycles. The van der Waals surface area contributed by atoms with E-state index in [0.717, 1.165) is 77.6 Å². The topological polar surface area (TPSA) is 61.4 Å². The van der Waals surface area contributed by atoms with Crippen molar-refractivity contribution in [3.05, 3.63) is 194 Å². The van der Waals surface area contributed by atoms with E-state index in [2.05, 4.69) is 137 Å². The molecule has 0 spiro atoms. The zero-order chi connectivity index (χ0) is 37.0. The molecule has 0 aliphatic rings. The number of hydrogen-bond acceptors (Lipinski definition) is 4. The fourth-order valence-electron chi connectivity index (χ4n) is 7.99. The average Bonchev–Trinajstić information content (AvgIpc) is 3.78. The summed E-state index contributed by atoms with van der Waals surface area (Å²) in [6, 6.07) is 67.3. The summed E-state index contributed by atoms with van der Waals surface area (Å²) in [7, 11) is 0. The molecule has 0 unspecified atom stereocenters. The molecule has 0 N–H and O–H groups in total. The normalized spacial score (nSPS) is 11.6. The van der Waals surface area contributed by atoms with Gasteiger partial charge >= 0.3 is 0 Å². The van der Waals surface area contributed by atoms with Gasteiger partial charge in [-0.1, -0.05) is 140 Å². The Morgan fingerprint density at radius 2 is 0.768 bits per heavy atom. The highest BCUT2D eigenvalue weighted by molar-refractivity contribution is 6.18. The Labute approximate surface area is 322 Å². The minimum Gasteiger partial charge on any atom is -0.309 e. The highest BCUT2D eigenvalue weighted by atomic mass is 15.2. The van der Waals surface area contributed by atoms with Crippen molar-refractivity contribution in [2.24, 2.45) is 0 Å². The van der Waals surface area contributed by atoms with Gasteiger partial charge in [-0.25, -0.2) is 9.97 Å². The van der Waals surface area contributed by atoms with Crippen LogP contribution in [0.15, 0.2) is 194 Å². The van der Waals surface area contributed by atoms with Gasteiger partial charge in [0.1, 0.15) is 0 Å². The second kappa shape index (κ2) is 13.0. The first kappa shape index (κ1) is 31.8. The standard InChI is InChI=1S/C50H32N6/c1-4-16-33(17-5-1)42-26-15-27-43(51-42)35-20-14-21-36(30-35)49-52-48(34-18-6-2-7-19-34)53-50(54-49)56-45-29-13-11-25-39(45)41-31-46-40(32-47(41)56)38-24-10-12-28-44(38)55(46)37-22-8-3-9-23-37/h1-32H. The molecule has 0 amide bonds. The van der Waals surface area contributed by atoms with Crippen molar-refractivity contribution in [3.63, 3.8) is 0 Å². The van der Waals surface area contributed by atoms with E-state index >= 15 is 0 Å². The van der Waals surface area contributed by atoms with E-state index in [1.807, 2.05) is 66.7 Å². The van der Waals surface area contributed by atoms with E-state index in [9.17, 15) is 0 Å². The molecule has 0 aliphatic carbocycles. The summed E-state index contributed by atoms with van der Waals surface area (Å²) in [5.74, 6) is 1.75. The highest BCUT2D eigenvalue weighted by Crippen LogP contribution is 2.39. The molecule has 0 fully saturated rings. The molecule has 4 aromatic heterocycles. The summed E-state index contributed by atoms with van der Waals surface area (Å²) in [5, 5.41) is 4.61. The van der Waals surface area contributed by atoms with Gasteiger partial charge in [-0.15, -0.1) is 0 Å². The Hall–Kier alpha value is -7.70. The molecule has 0 radical (unpaired) electrons. The molecule has 6 heteroatoms. The maximum atomic E-state index is 5.28. The van der Waals surface area contributed by atoms with Crippen LogP contribution >= 0.6 is 0 Å². The second-order valence-corrected chi connectivity index (χ2v) is 13.9. The molecule has 11 rings (SSSR count). The number of benzene rings is 7. The van der Waals surface area contributed by atoms with Crippen LogP contribution in [0.4, 0.5) is 0 Å². The lowest BCUT2D eigenvalue weighted by molar-refractivity contribution is 0.954. The third-order valence-electron chi connectivity index (χ3n) is 10.6. The number of nitrogens with zero attached hydrogens (tertiary/aromatic N) is 6. The van der Waals surface area contributed by atoms with Gasteiger partial charge in [0.15, 0.2) is 11.6 Å². The molecule has 0 atom stereocenters. The summed E-state index contributed by atoms with van der Waals surface area (Å²) < 4.78 is 4.56. The van der Waals surface area contributed by atoms with Crippen LogP contribution in [0.2, 0.25) is 0 Å². The first-order valence-electron chi connectivity index (χ1n) is 18.7. The van der Waals surface area contributed by atoms with Crippen molar-refractivity contribution in [2.45, 2.75) is 0 Å². The minimum atomic E-state index is 0.556. The van der Waals surface area contributed by atoms with Gasteiger partial charge in [-0.3, -0.25) is 4.57 Å². The summed E-state index contributed by atoms with van der Waals surface area (Å²) in [6.07, 6.45) is 0. The van der Waals surface area contributed by atoms with Crippen molar-refractivity contribution < 1.29 is 0 Å². The molecule has 6 nitrogen and oxygen atoms in total. The van der Waals surface area contributed by atoms with Crippen LogP contribution in [0, 0.1) is 0 Å². The van der Waals surface area contributed by atoms with Crippen molar-refractivity contribution in [1.29, 1.82) is 0 Å². The molecular formula is C50H32N6. The fraction of sp³-hybridized carbons (Fsp3) is 0. The van der Waals surface area contributed by atoms with Crippen LogP contribution in [0.1, 0.15) is 0 Å². The van der Waals surface area contributed by atoms with E-state index in [0.29, 0.717) is 17.6 Å². The van der Waals surface area contributed by atoms with Crippen LogP contribution in [0.25, 0.3) is 101 Å². The number of hydrogen-bond donors (Lipinski definition) is 0. The molecule has 11 aromatic rings. The summed E-state index contributed by atoms with van der Waals surface area (Å²) >= 11 is 0. The average molecular weight is 717 g/mol. The SMILES string of the molecule is c1ccc(-c2cccc(-c3cccc(-c4nc(-c5ccccc5)nc(-n5c6ccccc6c6cc7c(cc65)c5ccccc5n7-c5ccccc5)n4)c3)n2)cc1. The van der Waals surface area contributed by atoms with Crippen molar-refractivity contribution in [1.82, 2.24) is 29.1 Å². The molecular weight excluding hydrogens is 685 g/mol. The van der Waals surface area contributed by atoms with E-state index in [4.69, 9.17) is 19.9 Å². The van der Waals surface area contributed by atoms with Gasteiger partial charge in [-0.05, 0) is 54.6 Å². The molecule has 0 bridgehead atoms. The number of fused-ring (bicyclic) bond motifs is 6. The number of para-hydroxylation sites is 3. The number of pyridine rings is 1. The molecule has 4 heterocycles. The maximum absolute atomic E-state index is 5.28. The summed E-state index contributed by atoms with van der Waals surface area (Å²) in [4.78, 5) is 20.7. The third kappa shape index (κ3) is 5.27. The van der Waals surface area contributed by atoms with Crippen LogP contribution in [0.5, 0.6) is 0 Å². The van der Waals surface area contributed by atoms with E-state index < -0.39 is 0 Å². The number of rotatable bonds is 6. The molecule has 7 aromatic carbocycles. The first-order chi connectivity index (χ1) is 27.8. The maximum Gasteiger partial charge on any atom is 0.238 e. The minimum absolute atomic E-state index is 0.556. The fourth-order valence-corrected chi connectivity index (χ4v) is 7.99. The van der Waals surface area contributed by atoms with Crippen LogP contribution in [-0.4, -0.2) is 29.1 Å². The number of aromatic nitrogens is 6. The van der Waals surface area contributed by atoms with Crippen molar-refractivity contribution in [3.8, 4) is 56.9 Å². The lowest BCUT2D eigenvalue weighted by atomic mass is 10.1. The Bertz CT molecular complexity index is 3240. The zero-order valence-corrected chi connectivity index (χ0v) is 30.2. The zero-order valence-electron chi connectivity index (χ0n) is 30.2. The van der Waals surface area contributed by atoms with Crippen LogP contribution in [-0.2, 0) is 0 Å². The second-order valence-electron chi connectivity index (χ2n) is 13.9. The highest BCUT2D eigenvalue weighted by Gasteiger charge is 2.21. The van der Waals surface area contributed by atoms with Gasteiger partial charge in [0.25, 0.3) is 0 Å². The Morgan fingerprint density at radius 1 is 0.286 bits per heavy atom. The van der Waals surface area contributed by atoms with Gasteiger partial charge in [0.05, 0.1) is 33.5 Å². The lowest BCUT2D eigenvalue weighted by Gasteiger charge is -2.12. The summed E-state index contributed by atoms with van der Waals surface area (Å²) in [5.41, 5.74) is 11.2. The van der Waals surface area contributed by atoms with Crippen LogP contribution < -0.4 is 0 Å². The monoisotopic (exact) mass is 716 g/mol. The smallest absolute Gasteiger partial charge is 0.238 e. The van der Waals surface area contributed by atoms with E-state index in [1.54, 1.807) is 0 Å². The first-order valence-corrected chi connectivity index (χ1v) is 18.7. The predicted octanol–water partition coefficient (Wildman–Crippen LogP) is 12.1. The third-order valence-corrected chi connectivity index (χ3v) is 10.6. The molecule has 0 aliphatic heterocycles. The van der Waals surface area contributed by atoms with Gasteiger partial charge in [0, 0.05) is 49.5 Å². The van der Waals surface area contributed by atoms with Crippen molar-refractivity contribution >= 4 is 43.6 Å². The van der Waals surface area contributed by atoms with Crippen molar-refractivity contribution in [2.75, 3.05) is 0 Å².